The first-order valence-corrected chi connectivity index (χ1v) is 8.92. The molecule has 0 spiro atoms. The fraction of sp³-hybridized carbons (Fsp3) is 0.944. The maximum Gasteiger partial charge on any atom is 0.0499 e. The van der Waals surface area contributed by atoms with Crippen molar-refractivity contribution in [3.05, 3.63) is 0 Å². The lowest BCUT2D eigenvalue weighted by Crippen LogP contribution is -2.11. The number of rotatable bonds is 8. The van der Waals surface area contributed by atoms with Gasteiger partial charge in [0.2, 0.25) is 0 Å². The Bertz CT molecular complexity index is 224. The van der Waals surface area contributed by atoms with E-state index in [1.54, 1.807) is 0 Å². The van der Waals surface area contributed by atoms with Gasteiger partial charge in [-0.3, -0.25) is 4.99 Å². The zero-order valence-corrected chi connectivity index (χ0v) is 13.4. The van der Waals surface area contributed by atoms with Crippen molar-refractivity contribution in [2.75, 3.05) is 0 Å². The van der Waals surface area contributed by atoms with Crippen LogP contribution in [0.3, 0.4) is 0 Å². The van der Waals surface area contributed by atoms with Crippen molar-refractivity contribution in [2.24, 2.45) is 4.99 Å². The standard InChI is InChI=1S/C18H35N/c1-3-5-6-8-11-14-17(4-2)19-18-15-12-9-7-10-13-16-18/h18H,3-16H2,1-2H3. The van der Waals surface area contributed by atoms with E-state index < -0.39 is 0 Å². The Balaban J connectivity index is 2.27. The summed E-state index contributed by atoms with van der Waals surface area (Å²) < 4.78 is 0. The molecule has 0 aliphatic heterocycles. The third-order valence-corrected chi connectivity index (χ3v) is 4.42. The molecule has 0 amide bonds. The molecule has 1 aliphatic rings. The van der Waals surface area contributed by atoms with Crippen molar-refractivity contribution in [2.45, 2.75) is 110 Å². The van der Waals surface area contributed by atoms with Crippen molar-refractivity contribution in [1.29, 1.82) is 0 Å². The number of unbranched alkanes of at least 4 members (excludes halogenated alkanes) is 4. The van der Waals surface area contributed by atoms with Crippen LogP contribution in [-0.4, -0.2) is 11.8 Å². The van der Waals surface area contributed by atoms with E-state index in [9.17, 15) is 0 Å². The molecule has 0 saturated heterocycles. The molecule has 0 unspecified atom stereocenters. The minimum atomic E-state index is 0.658. The molecule has 0 aromatic carbocycles. The van der Waals surface area contributed by atoms with E-state index in [1.165, 1.54) is 95.6 Å². The van der Waals surface area contributed by atoms with Crippen molar-refractivity contribution >= 4 is 5.71 Å². The Morgan fingerprint density at radius 2 is 1.47 bits per heavy atom. The van der Waals surface area contributed by atoms with Crippen molar-refractivity contribution in [1.82, 2.24) is 0 Å². The molecule has 0 aromatic heterocycles. The van der Waals surface area contributed by atoms with Gasteiger partial charge in [-0.15, -0.1) is 0 Å². The second kappa shape index (κ2) is 11.5. The van der Waals surface area contributed by atoms with Crippen LogP contribution in [0.5, 0.6) is 0 Å². The molecule has 1 nitrogen and oxygen atoms in total. The summed E-state index contributed by atoms with van der Waals surface area (Å²) >= 11 is 0. The average Bonchev–Trinajstić information content (AvgIpc) is 2.39. The highest BCUT2D eigenvalue weighted by molar-refractivity contribution is 5.84. The van der Waals surface area contributed by atoms with Crippen LogP contribution in [0, 0.1) is 0 Å². The molecule has 0 N–H and O–H groups in total. The largest absolute Gasteiger partial charge is 0.291 e. The monoisotopic (exact) mass is 265 g/mol. The Labute approximate surface area is 121 Å². The highest BCUT2D eigenvalue weighted by Gasteiger charge is 2.10. The SMILES string of the molecule is CCCCCCCC(CC)=NC1CCCCCCC1. The summed E-state index contributed by atoms with van der Waals surface area (Å²) in [6, 6.07) is 0.658. The van der Waals surface area contributed by atoms with Crippen LogP contribution in [0.2, 0.25) is 0 Å². The lowest BCUT2D eigenvalue weighted by Gasteiger charge is -2.17. The van der Waals surface area contributed by atoms with Crippen LogP contribution in [0.4, 0.5) is 0 Å². The van der Waals surface area contributed by atoms with Gasteiger partial charge in [0.1, 0.15) is 0 Å². The molecule has 0 radical (unpaired) electrons. The van der Waals surface area contributed by atoms with Crippen LogP contribution in [0.25, 0.3) is 0 Å². The molecule has 1 aliphatic carbocycles. The summed E-state index contributed by atoms with van der Waals surface area (Å²) in [4.78, 5) is 5.09. The second-order valence-electron chi connectivity index (χ2n) is 6.21. The molecule has 0 aromatic rings. The van der Waals surface area contributed by atoms with E-state index in [4.69, 9.17) is 4.99 Å². The number of aliphatic imine (C=N–C) groups is 1. The minimum Gasteiger partial charge on any atom is -0.291 e. The molecule has 1 rings (SSSR count). The van der Waals surface area contributed by atoms with Crippen molar-refractivity contribution < 1.29 is 0 Å². The van der Waals surface area contributed by atoms with E-state index in [1.807, 2.05) is 0 Å². The quantitative estimate of drug-likeness (QED) is 0.360. The summed E-state index contributed by atoms with van der Waals surface area (Å²) in [5.74, 6) is 0. The Morgan fingerprint density at radius 1 is 0.842 bits per heavy atom. The highest BCUT2D eigenvalue weighted by Crippen LogP contribution is 2.20. The Morgan fingerprint density at radius 3 is 2.11 bits per heavy atom. The molecule has 1 saturated carbocycles. The molecule has 1 heteroatoms. The zero-order chi connectivity index (χ0) is 13.8. The summed E-state index contributed by atoms with van der Waals surface area (Å²) in [7, 11) is 0. The molecule has 0 bridgehead atoms. The van der Waals surface area contributed by atoms with Crippen LogP contribution < -0.4 is 0 Å². The smallest absolute Gasteiger partial charge is 0.0499 e. The first-order valence-electron chi connectivity index (χ1n) is 8.92. The summed E-state index contributed by atoms with van der Waals surface area (Å²) in [6.45, 7) is 4.57. The van der Waals surface area contributed by atoms with Crippen LogP contribution >= 0.6 is 0 Å². The van der Waals surface area contributed by atoms with Crippen molar-refractivity contribution in [3.8, 4) is 0 Å². The van der Waals surface area contributed by atoms with E-state index in [0.717, 1.165) is 0 Å². The van der Waals surface area contributed by atoms with Gasteiger partial charge in [0.25, 0.3) is 0 Å². The summed E-state index contributed by atoms with van der Waals surface area (Å²) in [5, 5.41) is 0. The second-order valence-corrected chi connectivity index (χ2v) is 6.21. The number of nitrogens with zero attached hydrogens (tertiary/aromatic N) is 1. The lowest BCUT2D eigenvalue weighted by molar-refractivity contribution is 0.454. The van der Waals surface area contributed by atoms with E-state index >= 15 is 0 Å². The Kier molecular flexibility index (Phi) is 10.1. The molecular weight excluding hydrogens is 230 g/mol. The molecule has 112 valence electrons. The number of hydrogen-bond donors (Lipinski definition) is 0. The van der Waals surface area contributed by atoms with Crippen LogP contribution in [0.1, 0.15) is 104 Å². The van der Waals surface area contributed by atoms with Gasteiger partial charge in [0, 0.05) is 11.8 Å². The maximum atomic E-state index is 5.09. The molecule has 0 heterocycles. The predicted octanol–water partition coefficient (Wildman–Crippen LogP) is 6.31. The maximum absolute atomic E-state index is 5.09. The first kappa shape index (κ1) is 16.7. The molecule has 1 fully saturated rings. The normalized spacial score (nSPS) is 19.2. The first-order chi connectivity index (χ1) is 9.36. The van der Waals surface area contributed by atoms with E-state index in [-0.39, 0.29) is 0 Å². The third-order valence-electron chi connectivity index (χ3n) is 4.42. The zero-order valence-electron chi connectivity index (χ0n) is 13.4. The highest BCUT2D eigenvalue weighted by atomic mass is 14.8. The van der Waals surface area contributed by atoms with Gasteiger partial charge in [-0.2, -0.15) is 0 Å². The van der Waals surface area contributed by atoms with E-state index in [2.05, 4.69) is 13.8 Å². The van der Waals surface area contributed by atoms with Crippen molar-refractivity contribution in [3.63, 3.8) is 0 Å². The van der Waals surface area contributed by atoms with Crippen LogP contribution in [-0.2, 0) is 0 Å². The van der Waals surface area contributed by atoms with E-state index in [0.29, 0.717) is 6.04 Å². The topological polar surface area (TPSA) is 12.4 Å². The summed E-state index contributed by atoms with van der Waals surface area (Å²) in [5.41, 5.74) is 1.50. The van der Waals surface area contributed by atoms with Gasteiger partial charge < -0.3 is 0 Å². The lowest BCUT2D eigenvalue weighted by atomic mass is 9.96. The summed E-state index contributed by atoms with van der Waals surface area (Å²) in [6.07, 6.45) is 19.2. The van der Waals surface area contributed by atoms with Gasteiger partial charge in [-0.25, -0.2) is 0 Å². The van der Waals surface area contributed by atoms with Gasteiger partial charge in [0.05, 0.1) is 0 Å². The molecule has 19 heavy (non-hydrogen) atoms. The van der Waals surface area contributed by atoms with Gasteiger partial charge in [0.15, 0.2) is 0 Å². The molecule has 0 atom stereocenters. The Hall–Kier alpha value is -0.330. The third kappa shape index (κ3) is 8.44. The molecular formula is C18H35N. The predicted molar refractivity (Wildman–Crippen MR) is 87.2 cm³/mol. The minimum absolute atomic E-state index is 0.658. The van der Waals surface area contributed by atoms with Crippen LogP contribution in [0.15, 0.2) is 4.99 Å². The average molecular weight is 265 g/mol. The van der Waals surface area contributed by atoms with Gasteiger partial charge in [-0.05, 0) is 32.1 Å². The fourth-order valence-electron chi connectivity index (χ4n) is 3.09. The fourth-order valence-corrected chi connectivity index (χ4v) is 3.09. The van der Waals surface area contributed by atoms with Gasteiger partial charge in [-0.1, -0.05) is 71.6 Å². The van der Waals surface area contributed by atoms with Gasteiger partial charge >= 0.3 is 0 Å². The number of hydrogen-bond acceptors (Lipinski definition) is 1.